The highest BCUT2D eigenvalue weighted by Gasteiger charge is 2.16. The molecule has 1 nitrogen and oxygen atoms in total. The summed E-state index contributed by atoms with van der Waals surface area (Å²) in [5.41, 5.74) is 6.66. The molecule has 0 aromatic heterocycles. The van der Waals surface area contributed by atoms with Gasteiger partial charge in [0.2, 0.25) is 0 Å². The Morgan fingerprint density at radius 1 is 1.12 bits per heavy atom. The minimum absolute atomic E-state index is 1.04. The number of aryl methyl sites for hydroxylation is 1. The summed E-state index contributed by atoms with van der Waals surface area (Å²) in [6.45, 7) is 2.17. The maximum Gasteiger partial charge on any atom is 0.0450 e. The standard InChI is InChI=1S/C14H12IN/c1-9-6-12(15)8-11-7-10-4-2-3-5-13(10)16-14(9)11/h2-6,8,16H,7H2,1H3. The van der Waals surface area contributed by atoms with Crippen LogP contribution >= 0.6 is 22.6 Å². The molecule has 0 unspecified atom stereocenters. The Morgan fingerprint density at radius 2 is 1.94 bits per heavy atom. The van der Waals surface area contributed by atoms with Crippen LogP contribution in [0.3, 0.4) is 0 Å². The first kappa shape index (κ1) is 10.1. The molecule has 0 aliphatic carbocycles. The van der Waals surface area contributed by atoms with Crippen LogP contribution in [0.15, 0.2) is 36.4 Å². The van der Waals surface area contributed by atoms with Crippen LogP contribution in [0.25, 0.3) is 0 Å². The molecule has 1 aliphatic rings. The third kappa shape index (κ3) is 1.61. The molecule has 2 aromatic rings. The highest BCUT2D eigenvalue weighted by atomic mass is 127. The smallest absolute Gasteiger partial charge is 0.0450 e. The van der Waals surface area contributed by atoms with Gasteiger partial charge in [0.1, 0.15) is 0 Å². The molecular formula is C14H12IN. The SMILES string of the molecule is Cc1cc(I)cc2c1Nc1ccccc1C2. The number of benzene rings is 2. The number of anilines is 2. The molecule has 0 bridgehead atoms. The zero-order valence-electron chi connectivity index (χ0n) is 9.05. The van der Waals surface area contributed by atoms with Crippen LogP contribution in [-0.2, 0) is 6.42 Å². The Bertz CT molecular complexity index is 561. The Morgan fingerprint density at radius 3 is 2.81 bits per heavy atom. The van der Waals surface area contributed by atoms with Gasteiger partial charge in [-0.1, -0.05) is 18.2 Å². The summed E-state index contributed by atoms with van der Waals surface area (Å²) in [6, 6.07) is 13.0. The zero-order chi connectivity index (χ0) is 11.1. The van der Waals surface area contributed by atoms with Crippen molar-refractivity contribution in [3.8, 4) is 0 Å². The first-order valence-electron chi connectivity index (χ1n) is 5.38. The van der Waals surface area contributed by atoms with E-state index in [4.69, 9.17) is 0 Å². The maximum absolute atomic E-state index is 3.53. The summed E-state index contributed by atoms with van der Waals surface area (Å²) in [6.07, 6.45) is 1.04. The van der Waals surface area contributed by atoms with Crippen molar-refractivity contribution in [2.75, 3.05) is 5.32 Å². The van der Waals surface area contributed by atoms with Crippen LogP contribution in [0.2, 0.25) is 0 Å². The minimum Gasteiger partial charge on any atom is -0.355 e. The van der Waals surface area contributed by atoms with Crippen molar-refractivity contribution in [2.24, 2.45) is 0 Å². The van der Waals surface area contributed by atoms with E-state index in [0.29, 0.717) is 0 Å². The monoisotopic (exact) mass is 321 g/mol. The first-order valence-corrected chi connectivity index (χ1v) is 6.46. The number of fused-ring (bicyclic) bond motifs is 2. The largest absolute Gasteiger partial charge is 0.355 e. The lowest BCUT2D eigenvalue weighted by Crippen LogP contribution is -2.08. The van der Waals surface area contributed by atoms with E-state index in [2.05, 4.69) is 71.2 Å². The predicted octanol–water partition coefficient (Wildman–Crippen LogP) is 4.25. The fraction of sp³-hybridized carbons (Fsp3) is 0.143. The predicted molar refractivity (Wildman–Crippen MR) is 76.4 cm³/mol. The van der Waals surface area contributed by atoms with E-state index in [-0.39, 0.29) is 0 Å². The van der Waals surface area contributed by atoms with Crippen molar-refractivity contribution in [3.05, 3.63) is 56.7 Å². The van der Waals surface area contributed by atoms with Gasteiger partial charge in [-0.05, 0) is 64.4 Å². The second kappa shape index (κ2) is 3.77. The minimum atomic E-state index is 1.04. The molecular weight excluding hydrogens is 309 g/mol. The van der Waals surface area contributed by atoms with Crippen molar-refractivity contribution in [1.29, 1.82) is 0 Å². The summed E-state index contributed by atoms with van der Waals surface area (Å²) in [4.78, 5) is 0. The van der Waals surface area contributed by atoms with Gasteiger partial charge >= 0.3 is 0 Å². The number of nitrogens with one attached hydrogen (secondary N) is 1. The molecule has 2 heteroatoms. The molecule has 1 N–H and O–H groups in total. The van der Waals surface area contributed by atoms with Crippen LogP contribution in [-0.4, -0.2) is 0 Å². The van der Waals surface area contributed by atoms with E-state index in [1.807, 2.05) is 0 Å². The second-order valence-electron chi connectivity index (χ2n) is 4.22. The Labute approximate surface area is 109 Å². The van der Waals surface area contributed by atoms with Gasteiger partial charge in [0, 0.05) is 21.4 Å². The van der Waals surface area contributed by atoms with Crippen LogP contribution in [0.1, 0.15) is 16.7 Å². The lowest BCUT2D eigenvalue weighted by molar-refractivity contribution is 1.14. The fourth-order valence-electron chi connectivity index (χ4n) is 2.27. The molecule has 80 valence electrons. The van der Waals surface area contributed by atoms with Gasteiger partial charge in [-0.3, -0.25) is 0 Å². The van der Waals surface area contributed by atoms with E-state index in [1.165, 1.54) is 31.6 Å². The molecule has 2 aromatic carbocycles. The molecule has 0 fully saturated rings. The van der Waals surface area contributed by atoms with E-state index in [9.17, 15) is 0 Å². The zero-order valence-corrected chi connectivity index (χ0v) is 11.2. The van der Waals surface area contributed by atoms with E-state index < -0.39 is 0 Å². The molecule has 1 heterocycles. The van der Waals surface area contributed by atoms with Crippen LogP contribution < -0.4 is 5.32 Å². The summed E-state index contributed by atoms with van der Waals surface area (Å²) >= 11 is 2.38. The van der Waals surface area contributed by atoms with Gasteiger partial charge < -0.3 is 5.32 Å². The van der Waals surface area contributed by atoms with E-state index in [0.717, 1.165) is 6.42 Å². The molecule has 3 rings (SSSR count). The molecule has 0 saturated heterocycles. The molecule has 0 atom stereocenters. The lowest BCUT2D eigenvalue weighted by atomic mass is 9.95. The molecule has 0 radical (unpaired) electrons. The van der Waals surface area contributed by atoms with E-state index in [1.54, 1.807) is 0 Å². The van der Waals surface area contributed by atoms with Gasteiger partial charge in [-0.25, -0.2) is 0 Å². The average Bonchev–Trinajstić information content (AvgIpc) is 2.27. The van der Waals surface area contributed by atoms with Crippen molar-refractivity contribution >= 4 is 34.0 Å². The van der Waals surface area contributed by atoms with E-state index >= 15 is 0 Å². The number of halogens is 1. The quantitative estimate of drug-likeness (QED) is 0.611. The number of para-hydroxylation sites is 1. The number of hydrogen-bond donors (Lipinski definition) is 1. The molecule has 1 aliphatic heterocycles. The normalized spacial score (nSPS) is 12.6. The van der Waals surface area contributed by atoms with Gasteiger partial charge in [0.05, 0.1) is 0 Å². The molecule has 0 spiro atoms. The highest BCUT2D eigenvalue weighted by Crippen LogP contribution is 2.35. The maximum atomic E-state index is 3.53. The van der Waals surface area contributed by atoms with Gasteiger partial charge in [0.25, 0.3) is 0 Å². The summed E-state index contributed by atoms with van der Waals surface area (Å²) < 4.78 is 1.31. The first-order chi connectivity index (χ1) is 7.74. The topological polar surface area (TPSA) is 12.0 Å². The van der Waals surface area contributed by atoms with Gasteiger partial charge in [-0.2, -0.15) is 0 Å². The Hall–Kier alpha value is -1.03. The van der Waals surface area contributed by atoms with Gasteiger partial charge in [0.15, 0.2) is 0 Å². The van der Waals surface area contributed by atoms with Crippen molar-refractivity contribution in [2.45, 2.75) is 13.3 Å². The third-order valence-corrected chi connectivity index (χ3v) is 3.66. The third-order valence-electron chi connectivity index (χ3n) is 3.04. The van der Waals surface area contributed by atoms with Crippen LogP contribution in [0, 0.1) is 10.5 Å². The number of hydrogen-bond acceptors (Lipinski definition) is 1. The van der Waals surface area contributed by atoms with Gasteiger partial charge in [-0.15, -0.1) is 0 Å². The number of rotatable bonds is 0. The molecule has 0 amide bonds. The van der Waals surface area contributed by atoms with Crippen molar-refractivity contribution in [1.82, 2.24) is 0 Å². The summed E-state index contributed by atoms with van der Waals surface area (Å²) in [5.74, 6) is 0. The van der Waals surface area contributed by atoms with Crippen molar-refractivity contribution < 1.29 is 0 Å². The molecule has 16 heavy (non-hydrogen) atoms. The van der Waals surface area contributed by atoms with Crippen LogP contribution in [0.5, 0.6) is 0 Å². The van der Waals surface area contributed by atoms with Crippen LogP contribution in [0.4, 0.5) is 11.4 Å². The average molecular weight is 321 g/mol. The lowest BCUT2D eigenvalue weighted by Gasteiger charge is -2.23. The summed E-state index contributed by atoms with van der Waals surface area (Å²) in [5, 5.41) is 3.53. The second-order valence-corrected chi connectivity index (χ2v) is 5.46. The Balaban J connectivity index is 2.15. The highest BCUT2D eigenvalue weighted by molar-refractivity contribution is 14.1. The Kier molecular flexibility index (Phi) is 2.39. The molecule has 0 saturated carbocycles. The fourth-order valence-corrected chi connectivity index (χ4v) is 3.11. The van der Waals surface area contributed by atoms with Crippen molar-refractivity contribution in [3.63, 3.8) is 0 Å². The summed E-state index contributed by atoms with van der Waals surface area (Å²) in [7, 11) is 0.